The van der Waals surface area contributed by atoms with Gasteiger partial charge in [-0.1, -0.05) is 0 Å². The van der Waals surface area contributed by atoms with Crippen LogP contribution in [0.25, 0.3) is 11.3 Å². The summed E-state index contributed by atoms with van der Waals surface area (Å²) in [6.07, 6.45) is 4.27. The summed E-state index contributed by atoms with van der Waals surface area (Å²) in [6.45, 7) is 3.11. The number of hydrogen-bond donors (Lipinski definition) is 1. The minimum atomic E-state index is -0.650. The molecule has 1 fully saturated rings. The van der Waals surface area contributed by atoms with Gasteiger partial charge < -0.3 is 14.6 Å². The van der Waals surface area contributed by atoms with E-state index in [-0.39, 0.29) is 23.2 Å². The highest BCUT2D eigenvalue weighted by Gasteiger charge is 2.26. The number of benzene rings is 1. The van der Waals surface area contributed by atoms with Crippen LogP contribution in [0.2, 0.25) is 0 Å². The topological polar surface area (TPSA) is 75.4 Å². The first-order chi connectivity index (χ1) is 12.1. The van der Waals surface area contributed by atoms with Gasteiger partial charge in [0.1, 0.15) is 11.9 Å². The van der Waals surface area contributed by atoms with Crippen molar-refractivity contribution in [1.29, 1.82) is 0 Å². The molecule has 1 aliphatic rings. The van der Waals surface area contributed by atoms with E-state index < -0.39 is 11.9 Å². The molecule has 3 rings (SSSR count). The number of oxazole rings is 1. The summed E-state index contributed by atoms with van der Waals surface area (Å²) in [7, 11) is 0. The van der Waals surface area contributed by atoms with Gasteiger partial charge in [-0.15, -0.1) is 0 Å². The van der Waals surface area contributed by atoms with Gasteiger partial charge in [-0.05, 0) is 50.5 Å². The van der Waals surface area contributed by atoms with Gasteiger partial charge in [0.2, 0.25) is 5.91 Å². The van der Waals surface area contributed by atoms with Gasteiger partial charge in [-0.3, -0.25) is 9.59 Å². The largest absolute Gasteiger partial charge is 0.443 e. The van der Waals surface area contributed by atoms with Gasteiger partial charge in [-0.25, -0.2) is 9.37 Å². The van der Waals surface area contributed by atoms with Crippen molar-refractivity contribution in [1.82, 2.24) is 15.2 Å². The van der Waals surface area contributed by atoms with E-state index in [0.29, 0.717) is 5.56 Å². The lowest BCUT2D eigenvalue weighted by molar-refractivity contribution is -0.133. The predicted octanol–water partition coefficient (Wildman–Crippen LogP) is 2.61. The number of nitrogens with zero attached hydrogens (tertiary/aromatic N) is 2. The van der Waals surface area contributed by atoms with Crippen LogP contribution in [0.15, 0.2) is 35.1 Å². The van der Waals surface area contributed by atoms with Crippen LogP contribution in [0.3, 0.4) is 0 Å². The second kappa shape index (κ2) is 7.46. The molecule has 0 unspecified atom stereocenters. The van der Waals surface area contributed by atoms with Crippen molar-refractivity contribution in [2.75, 3.05) is 13.1 Å². The van der Waals surface area contributed by atoms with Gasteiger partial charge in [0.15, 0.2) is 17.8 Å². The quantitative estimate of drug-likeness (QED) is 0.924. The summed E-state index contributed by atoms with van der Waals surface area (Å²) in [5.74, 6) is -0.726. The SMILES string of the molecule is C[C@H](NC(=O)c1ncoc1-c1ccc(F)cc1)C(=O)N1CCCCC1. The summed E-state index contributed by atoms with van der Waals surface area (Å²) in [4.78, 5) is 30.6. The van der Waals surface area contributed by atoms with Crippen LogP contribution in [-0.2, 0) is 4.79 Å². The van der Waals surface area contributed by atoms with Crippen LogP contribution < -0.4 is 5.32 Å². The number of rotatable bonds is 4. The molecule has 0 spiro atoms. The fourth-order valence-electron chi connectivity index (χ4n) is 2.93. The molecule has 0 saturated carbocycles. The van der Waals surface area contributed by atoms with E-state index in [4.69, 9.17) is 4.42 Å². The Bertz CT molecular complexity index is 751. The van der Waals surface area contributed by atoms with E-state index in [0.717, 1.165) is 38.7 Å². The third-order valence-corrected chi connectivity index (χ3v) is 4.27. The molecule has 1 aromatic heterocycles. The molecular weight excluding hydrogens is 325 g/mol. The van der Waals surface area contributed by atoms with E-state index in [2.05, 4.69) is 10.3 Å². The smallest absolute Gasteiger partial charge is 0.274 e. The number of carbonyl (C=O) groups excluding carboxylic acids is 2. The third kappa shape index (κ3) is 3.87. The molecule has 2 amide bonds. The average molecular weight is 345 g/mol. The van der Waals surface area contributed by atoms with E-state index in [1.165, 1.54) is 24.3 Å². The Hall–Kier alpha value is -2.70. The highest BCUT2D eigenvalue weighted by molar-refractivity contribution is 6.00. The average Bonchev–Trinajstić information content (AvgIpc) is 3.12. The molecule has 0 aliphatic carbocycles. The number of halogens is 1. The summed E-state index contributed by atoms with van der Waals surface area (Å²) in [5, 5.41) is 2.67. The fraction of sp³-hybridized carbons (Fsp3) is 0.389. The molecule has 132 valence electrons. The Labute approximate surface area is 145 Å². The minimum Gasteiger partial charge on any atom is -0.443 e. The van der Waals surface area contributed by atoms with Crippen molar-refractivity contribution in [3.8, 4) is 11.3 Å². The molecule has 1 aliphatic heterocycles. The highest BCUT2D eigenvalue weighted by Crippen LogP contribution is 2.23. The third-order valence-electron chi connectivity index (χ3n) is 4.27. The Morgan fingerprint density at radius 1 is 1.20 bits per heavy atom. The lowest BCUT2D eigenvalue weighted by Crippen LogP contribution is -2.48. The van der Waals surface area contributed by atoms with Gasteiger partial charge in [0, 0.05) is 18.7 Å². The second-order valence-corrected chi connectivity index (χ2v) is 6.12. The molecule has 1 atom stereocenters. The molecule has 7 heteroatoms. The molecule has 2 heterocycles. The van der Waals surface area contributed by atoms with Crippen LogP contribution in [0, 0.1) is 5.82 Å². The zero-order valence-electron chi connectivity index (χ0n) is 14.0. The molecule has 6 nitrogen and oxygen atoms in total. The van der Waals surface area contributed by atoms with Crippen molar-refractivity contribution in [2.24, 2.45) is 0 Å². The van der Waals surface area contributed by atoms with Crippen molar-refractivity contribution >= 4 is 11.8 Å². The number of amides is 2. The predicted molar refractivity (Wildman–Crippen MR) is 89.3 cm³/mol. The monoisotopic (exact) mass is 345 g/mol. The molecule has 1 saturated heterocycles. The number of nitrogens with one attached hydrogen (secondary N) is 1. The molecule has 25 heavy (non-hydrogen) atoms. The Morgan fingerprint density at radius 3 is 2.56 bits per heavy atom. The normalized spacial score (nSPS) is 15.7. The van der Waals surface area contributed by atoms with Crippen LogP contribution in [0.5, 0.6) is 0 Å². The molecule has 1 N–H and O–H groups in total. The first-order valence-electron chi connectivity index (χ1n) is 8.35. The summed E-state index contributed by atoms with van der Waals surface area (Å²) < 4.78 is 18.3. The zero-order chi connectivity index (χ0) is 17.8. The first kappa shape index (κ1) is 17.1. The molecule has 0 radical (unpaired) electrons. The van der Waals surface area contributed by atoms with Crippen LogP contribution in [0.1, 0.15) is 36.7 Å². The molecule has 1 aromatic carbocycles. The lowest BCUT2D eigenvalue weighted by Gasteiger charge is -2.29. The fourth-order valence-corrected chi connectivity index (χ4v) is 2.93. The highest BCUT2D eigenvalue weighted by atomic mass is 19.1. The summed E-state index contributed by atoms with van der Waals surface area (Å²) in [5.41, 5.74) is 0.615. The summed E-state index contributed by atoms with van der Waals surface area (Å²) in [6, 6.07) is 4.93. The van der Waals surface area contributed by atoms with Gasteiger partial charge >= 0.3 is 0 Å². The van der Waals surface area contributed by atoms with E-state index >= 15 is 0 Å². The maximum Gasteiger partial charge on any atom is 0.274 e. The number of hydrogen-bond acceptors (Lipinski definition) is 4. The molecular formula is C18H20FN3O3. The van der Waals surface area contributed by atoms with E-state index in [9.17, 15) is 14.0 Å². The van der Waals surface area contributed by atoms with Crippen molar-refractivity contribution in [3.63, 3.8) is 0 Å². The number of piperidine rings is 1. The summed E-state index contributed by atoms with van der Waals surface area (Å²) >= 11 is 0. The Balaban J connectivity index is 1.70. The van der Waals surface area contributed by atoms with Crippen LogP contribution in [-0.4, -0.2) is 40.8 Å². The van der Waals surface area contributed by atoms with Gasteiger partial charge in [-0.2, -0.15) is 0 Å². The van der Waals surface area contributed by atoms with Crippen molar-refractivity contribution < 1.29 is 18.4 Å². The Morgan fingerprint density at radius 2 is 1.88 bits per heavy atom. The van der Waals surface area contributed by atoms with Gasteiger partial charge in [0.05, 0.1) is 0 Å². The van der Waals surface area contributed by atoms with Crippen LogP contribution >= 0.6 is 0 Å². The lowest BCUT2D eigenvalue weighted by atomic mass is 10.1. The van der Waals surface area contributed by atoms with Crippen molar-refractivity contribution in [3.05, 3.63) is 42.2 Å². The second-order valence-electron chi connectivity index (χ2n) is 6.12. The van der Waals surface area contributed by atoms with Crippen LogP contribution in [0.4, 0.5) is 4.39 Å². The van der Waals surface area contributed by atoms with Crippen molar-refractivity contribution in [2.45, 2.75) is 32.2 Å². The van der Waals surface area contributed by atoms with E-state index in [1.54, 1.807) is 11.8 Å². The molecule has 2 aromatic rings. The number of carbonyl (C=O) groups is 2. The maximum absolute atomic E-state index is 13.1. The number of aromatic nitrogens is 1. The van der Waals surface area contributed by atoms with Gasteiger partial charge in [0.25, 0.3) is 5.91 Å². The zero-order valence-corrected chi connectivity index (χ0v) is 14.0. The molecule has 0 bridgehead atoms. The Kier molecular flexibility index (Phi) is 5.11. The van der Waals surface area contributed by atoms with E-state index in [1.807, 2.05) is 0 Å². The standard InChI is InChI=1S/C18H20FN3O3/c1-12(18(24)22-9-3-2-4-10-22)21-17(23)15-16(25-11-20-15)13-5-7-14(19)8-6-13/h5-8,11-12H,2-4,9-10H2,1H3,(H,21,23)/t12-/m0/s1. The first-order valence-corrected chi connectivity index (χ1v) is 8.35. The maximum atomic E-state index is 13.1. The number of likely N-dealkylation sites (tertiary alicyclic amines) is 1. The minimum absolute atomic E-state index is 0.0740.